The number of hydrogen-bond donors (Lipinski definition) is 1. The molecule has 0 spiro atoms. The van der Waals surface area contributed by atoms with E-state index in [2.05, 4.69) is 9.97 Å². The number of ether oxygens (including phenoxy) is 2. The molecule has 0 radical (unpaired) electrons. The molecule has 0 aliphatic heterocycles. The van der Waals surface area contributed by atoms with E-state index >= 15 is 0 Å². The van der Waals surface area contributed by atoms with Crippen molar-refractivity contribution in [3.8, 4) is 23.4 Å². The van der Waals surface area contributed by atoms with Gasteiger partial charge in [-0.3, -0.25) is 0 Å². The maximum absolute atomic E-state index is 8.94. The normalized spacial score (nSPS) is 9.74. The summed E-state index contributed by atoms with van der Waals surface area (Å²) < 4.78 is 10.7. The van der Waals surface area contributed by atoms with E-state index in [9.17, 15) is 0 Å². The maximum Gasteiger partial charge on any atom is 0.226 e. The van der Waals surface area contributed by atoms with E-state index in [0.717, 1.165) is 5.56 Å². The van der Waals surface area contributed by atoms with Crippen molar-refractivity contribution in [1.82, 2.24) is 9.97 Å². The average molecular weight is 256 g/mol. The summed E-state index contributed by atoms with van der Waals surface area (Å²) in [6.07, 6.45) is 1.57. The lowest BCUT2D eigenvalue weighted by Crippen LogP contribution is -1.99. The summed E-state index contributed by atoms with van der Waals surface area (Å²) >= 11 is 0. The van der Waals surface area contributed by atoms with Crippen molar-refractivity contribution >= 4 is 5.95 Å². The molecular formula is C13H12N4O2. The SMILES string of the molecule is COc1cc(C#N)cc(Oc2nc(N)ncc2C)c1. The van der Waals surface area contributed by atoms with Crippen LogP contribution in [0.25, 0.3) is 0 Å². The summed E-state index contributed by atoms with van der Waals surface area (Å²) in [6.45, 7) is 1.81. The quantitative estimate of drug-likeness (QED) is 0.903. The zero-order chi connectivity index (χ0) is 13.8. The number of nitrogens with zero attached hydrogens (tertiary/aromatic N) is 3. The summed E-state index contributed by atoms with van der Waals surface area (Å²) in [5.74, 6) is 1.47. The van der Waals surface area contributed by atoms with Gasteiger partial charge in [-0.2, -0.15) is 10.2 Å². The highest BCUT2D eigenvalue weighted by molar-refractivity contribution is 5.45. The maximum atomic E-state index is 8.94. The smallest absolute Gasteiger partial charge is 0.226 e. The summed E-state index contributed by atoms with van der Waals surface area (Å²) in [5.41, 5.74) is 6.70. The van der Waals surface area contributed by atoms with Gasteiger partial charge in [-0.25, -0.2) is 4.98 Å². The van der Waals surface area contributed by atoms with Gasteiger partial charge in [0, 0.05) is 17.8 Å². The lowest BCUT2D eigenvalue weighted by atomic mass is 10.2. The Morgan fingerprint density at radius 1 is 1.26 bits per heavy atom. The third-order valence-electron chi connectivity index (χ3n) is 2.40. The molecule has 19 heavy (non-hydrogen) atoms. The van der Waals surface area contributed by atoms with Gasteiger partial charge < -0.3 is 15.2 Å². The van der Waals surface area contributed by atoms with Gasteiger partial charge >= 0.3 is 0 Å². The number of anilines is 1. The fraction of sp³-hybridized carbons (Fsp3) is 0.154. The molecule has 0 aliphatic rings. The molecule has 0 bridgehead atoms. The molecule has 1 heterocycles. The Hall–Kier alpha value is -2.81. The van der Waals surface area contributed by atoms with E-state index in [0.29, 0.717) is 22.9 Å². The number of nitrogen functional groups attached to an aromatic ring is 1. The first-order valence-corrected chi connectivity index (χ1v) is 5.48. The van der Waals surface area contributed by atoms with Crippen LogP contribution >= 0.6 is 0 Å². The van der Waals surface area contributed by atoms with Gasteiger partial charge in [0.15, 0.2) is 0 Å². The van der Waals surface area contributed by atoms with Crippen LogP contribution in [0.5, 0.6) is 17.4 Å². The standard InChI is InChI=1S/C13H12N4O2/c1-8-7-16-13(15)17-12(8)19-11-4-9(6-14)3-10(5-11)18-2/h3-5,7H,1-2H3,(H2,15,16,17). The van der Waals surface area contributed by atoms with Gasteiger partial charge in [0.05, 0.1) is 18.7 Å². The Kier molecular flexibility index (Phi) is 3.48. The molecule has 0 atom stereocenters. The van der Waals surface area contributed by atoms with E-state index in [-0.39, 0.29) is 5.95 Å². The lowest BCUT2D eigenvalue weighted by Gasteiger charge is -2.09. The van der Waals surface area contributed by atoms with Crippen LogP contribution in [-0.2, 0) is 0 Å². The molecule has 0 amide bonds. The van der Waals surface area contributed by atoms with Gasteiger partial charge in [-0.15, -0.1) is 0 Å². The molecule has 2 N–H and O–H groups in total. The molecule has 96 valence electrons. The molecule has 6 nitrogen and oxygen atoms in total. The first-order valence-electron chi connectivity index (χ1n) is 5.48. The van der Waals surface area contributed by atoms with Crippen molar-refractivity contribution in [3.63, 3.8) is 0 Å². The van der Waals surface area contributed by atoms with Gasteiger partial charge in [0.1, 0.15) is 11.5 Å². The van der Waals surface area contributed by atoms with Gasteiger partial charge in [-0.05, 0) is 19.1 Å². The Labute approximate surface area is 110 Å². The molecule has 1 aromatic heterocycles. The Morgan fingerprint density at radius 2 is 2.00 bits per heavy atom. The number of nitrogens with two attached hydrogens (primary N) is 1. The van der Waals surface area contributed by atoms with E-state index < -0.39 is 0 Å². The van der Waals surface area contributed by atoms with E-state index in [4.69, 9.17) is 20.5 Å². The minimum Gasteiger partial charge on any atom is -0.497 e. The summed E-state index contributed by atoms with van der Waals surface area (Å²) in [7, 11) is 1.52. The molecule has 1 aromatic carbocycles. The zero-order valence-electron chi connectivity index (χ0n) is 10.5. The number of aromatic nitrogens is 2. The van der Waals surface area contributed by atoms with Crippen LogP contribution in [0.3, 0.4) is 0 Å². The summed E-state index contributed by atoms with van der Waals surface area (Å²) in [5, 5.41) is 8.94. The number of aryl methyl sites for hydroxylation is 1. The zero-order valence-corrected chi connectivity index (χ0v) is 10.5. The topological polar surface area (TPSA) is 94.0 Å². The van der Waals surface area contributed by atoms with Gasteiger partial charge in [0.2, 0.25) is 11.8 Å². The Morgan fingerprint density at radius 3 is 2.68 bits per heavy atom. The number of benzene rings is 1. The van der Waals surface area contributed by atoms with Crippen LogP contribution in [0.1, 0.15) is 11.1 Å². The molecule has 6 heteroatoms. The van der Waals surface area contributed by atoms with Crippen LogP contribution in [0.15, 0.2) is 24.4 Å². The first kappa shape index (κ1) is 12.6. The van der Waals surface area contributed by atoms with Crippen LogP contribution < -0.4 is 15.2 Å². The minimum absolute atomic E-state index is 0.129. The summed E-state index contributed by atoms with van der Waals surface area (Å²) in [4.78, 5) is 7.86. The second kappa shape index (κ2) is 5.23. The largest absolute Gasteiger partial charge is 0.497 e. The number of nitriles is 1. The van der Waals surface area contributed by atoms with E-state index in [1.807, 2.05) is 6.07 Å². The minimum atomic E-state index is 0.129. The number of rotatable bonds is 3. The molecule has 0 unspecified atom stereocenters. The molecule has 2 aromatic rings. The number of methoxy groups -OCH3 is 1. The van der Waals surface area contributed by atoms with Crippen LogP contribution in [0.2, 0.25) is 0 Å². The Bertz CT molecular complexity index is 650. The van der Waals surface area contributed by atoms with Crippen LogP contribution in [0.4, 0.5) is 5.95 Å². The van der Waals surface area contributed by atoms with Crippen molar-refractivity contribution in [2.75, 3.05) is 12.8 Å². The molecule has 0 fully saturated rings. The second-order valence-electron chi connectivity index (χ2n) is 3.83. The monoisotopic (exact) mass is 256 g/mol. The van der Waals surface area contributed by atoms with Crippen LogP contribution in [0, 0.1) is 18.3 Å². The predicted octanol–water partition coefficient (Wildman–Crippen LogP) is 2.04. The first-order chi connectivity index (χ1) is 9.12. The van der Waals surface area contributed by atoms with Gasteiger partial charge in [0.25, 0.3) is 0 Å². The number of hydrogen-bond acceptors (Lipinski definition) is 6. The molecule has 0 saturated heterocycles. The highest BCUT2D eigenvalue weighted by Gasteiger charge is 2.07. The highest BCUT2D eigenvalue weighted by atomic mass is 16.5. The third-order valence-corrected chi connectivity index (χ3v) is 2.40. The Balaban J connectivity index is 2.38. The van der Waals surface area contributed by atoms with Crippen LogP contribution in [-0.4, -0.2) is 17.1 Å². The highest BCUT2D eigenvalue weighted by Crippen LogP contribution is 2.27. The average Bonchev–Trinajstić information content (AvgIpc) is 2.42. The predicted molar refractivity (Wildman–Crippen MR) is 69.0 cm³/mol. The van der Waals surface area contributed by atoms with Crippen molar-refractivity contribution in [3.05, 3.63) is 35.5 Å². The van der Waals surface area contributed by atoms with E-state index in [1.54, 1.807) is 31.3 Å². The molecule has 0 aliphatic carbocycles. The van der Waals surface area contributed by atoms with Crippen molar-refractivity contribution < 1.29 is 9.47 Å². The fourth-order valence-corrected chi connectivity index (χ4v) is 1.47. The lowest BCUT2D eigenvalue weighted by molar-refractivity contribution is 0.406. The second-order valence-corrected chi connectivity index (χ2v) is 3.83. The van der Waals surface area contributed by atoms with Crippen molar-refractivity contribution in [1.29, 1.82) is 5.26 Å². The van der Waals surface area contributed by atoms with Crippen molar-refractivity contribution in [2.45, 2.75) is 6.92 Å². The van der Waals surface area contributed by atoms with Crippen molar-refractivity contribution in [2.24, 2.45) is 0 Å². The van der Waals surface area contributed by atoms with Gasteiger partial charge in [-0.1, -0.05) is 0 Å². The molecule has 0 saturated carbocycles. The third kappa shape index (κ3) is 2.90. The fourth-order valence-electron chi connectivity index (χ4n) is 1.47. The molecular weight excluding hydrogens is 244 g/mol. The molecule has 2 rings (SSSR count). The van der Waals surface area contributed by atoms with E-state index in [1.165, 1.54) is 7.11 Å². The summed E-state index contributed by atoms with van der Waals surface area (Å²) in [6, 6.07) is 6.92.